The van der Waals surface area contributed by atoms with Crippen LogP contribution in [-0.4, -0.2) is 33.2 Å². The number of hydrogen-bond donors (Lipinski definition) is 2. The summed E-state index contributed by atoms with van der Waals surface area (Å²) in [6.07, 6.45) is 6.39. The first-order chi connectivity index (χ1) is 16.9. The molecule has 1 amide bonds. The Balaban J connectivity index is 1.51. The van der Waals surface area contributed by atoms with Gasteiger partial charge in [0.05, 0.1) is 5.69 Å². The van der Waals surface area contributed by atoms with Crippen molar-refractivity contribution in [3.05, 3.63) is 90.4 Å². The van der Waals surface area contributed by atoms with E-state index < -0.39 is 7.14 Å². The number of anilines is 3. The number of aromatic nitrogens is 3. The van der Waals surface area contributed by atoms with E-state index in [-0.39, 0.29) is 5.91 Å². The van der Waals surface area contributed by atoms with E-state index in [1.807, 2.05) is 57.2 Å². The third-order valence-corrected chi connectivity index (χ3v) is 9.28. The van der Waals surface area contributed by atoms with E-state index in [9.17, 15) is 9.36 Å². The Hall–Kier alpha value is -3.83. The minimum absolute atomic E-state index is 0.235. The highest BCUT2D eigenvalue weighted by atomic mass is 31.2. The van der Waals surface area contributed by atoms with E-state index in [4.69, 9.17) is 0 Å². The van der Waals surface area contributed by atoms with E-state index in [0.717, 1.165) is 27.8 Å². The summed E-state index contributed by atoms with van der Waals surface area (Å²) in [5.74, 6) is 0.202. The Morgan fingerprint density at radius 3 is 2.31 bits per heavy atom. The van der Waals surface area contributed by atoms with Crippen LogP contribution in [0.3, 0.4) is 0 Å². The highest BCUT2D eigenvalue weighted by Crippen LogP contribution is 2.43. The summed E-state index contributed by atoms with van der Waals surface area (Å²) in [5.41, 5.74) is 4.57. The van der Waals surface area contributed by atoms with Crippen molar-refractivity contribution in [3.8, 4) is 11.3 Å². The number of nitrogens with zero attached hydrogens (tertiary/aromatic N) is 3. The fraction of sp³-hybridized carbons (Fsp3) is 0.185. The van der Waals surface area contributed by atoms with Gasteiger partial charge in [0, 0.05) is 58.7 Å². The Morgan fingerprint density at radius 1 is 0.914 bits per heavy atom. The zero-order chi connectivity index (χ0) is 24.8. The van der Waals surface area contributed by atoms with Crippen molar-refractivity contribution >= 4 is 35.7 Å². The highest BCUT2D eigenvalue weighted by Gasteiger charge is 2.19. The zero-order valence-electron chi connectivity index (χ0n) is 20.0. The fourth-order valence-corrected chi connectivity index (χ4v) is 5.60. The lowest BCUT2D eigenvalue weighted by molar-refractivity contribution is 0.102. The second-order valence-corrected chi connectivity index (χ2v) is 11.7. The largest absolute Gasteiger partial charge is 0.324 e. The molecule has 178 valence electrons. The molecule has 0 aliphatic carbocycles. The van der Waals surface area contributed by atoms with Crippen LogP contribution >= 0.6 is 7.14 Å². The standard InChI is InChI=1S/C27H28N5O2P/c1-4-35(34,5-2)23-10-8-22(9-11-23)30-26(33)21-7-6-19(3)25(18-21)32-27-29-17-14-24(31-27)20-12-15-28-16-13-20/h6-18H,4-5H2,1-3H3,(H,30,33)(H,29,31,32). The van der Waals surface area contributed by atoms with Crippen molar-refractivity contribution in [2.75, 3.05) is 23.0 Å². The van der Waals surface area contributed by atoms with Gasteiger partial charge in [-0.1, -0.05) is 19.9 Å². The van der Waals surface area contributed by atoms with Gasteiger partial charge in [-0.25, -0.2) is 9.97 Å². The average molecular weight is 486 g/mol. The second-order valence-electron chi connectivity index (χ2n) is 8.18. The van der Waals surface area contributed by atoms with Gasteiger partial charge in [-0.3, -0.25) is 9.78 Å². The van der Waals surface area contributed by atoms with Crippen molar-refractivity contribution in [2.45, 2.75) is 20.8 Å². The fourth-order valence-electron chi connectivity index (χ4n) is 3.73. The van der Waals surface area contributed by atoms with E-state index in [0.29, 0.717) is 29.5 Å². The van der Waals surface area contributed by atoms with Crippen molar-refractivity contribution in [3.63, 3.8) is 0 Å². The molecule has 7 nitrogen and oxygen atoms in total. The number of amides is 1. The summed E-state index contributed by atoms with van der Waals surface area (Å²) in [6.45, 7) is 5.85. The molecule has 0 saturated heterocycles. The van der Waals surface area contributed by atoms with Gasteiger partial charge in [0.2, 0.25) is 5.95 Å². The maximum Gasteiger partial charge on any atom is 0.255 e. The van der Waals surface area contributed by atoms with Crippen LogP contribution in [0.5, 0.6) is 0 Å². The van der Waals surface area contributed by atoms with Gasteiger partial charge in [-0.15, -0.1) is 0 Å². The minimum atomic E-state index is -2.35. The number of carbonyl (C=O) groups is 1. The van der Waals surface area contributed by atoms with E-state index in [1.54, 1.807) is 42.9 Å². The van der Waals surface area contributed by atoms with Crippen molar-refractivity contribution in [2.24, 2.45) is 0 Å². The van der Waals surface area contributed by atoms with Gasteiger partial charge in [0.25, 0.3) is 5.91 Å². The maximum absolute atomic E-state index is 12.9. The van der Waals surface area contributed by atoms with Gasteiger partial charge < -0.3 is 15.2 Å². The molecule has 4 rings (SSSR count). The summed E-state index contributed by atoms with van der Waals surface area (Å²) in [4.78, 5) is 25.9. The predicted molar refractivity (Wildman–Crippen MR) is 142 cm³/mol. The van der Waals surface area contributed by atoms with Gasteiger partial charge in [0.1, 0.15) is 7.14 Å². The second kappa shape index (κ2) is 10.6. The summed E-state index contributed by atoms with van der Waals surface area (Å²) in [5, 5.41) is 6.99. The molecular formula is C27H28N5O2P. The molecule has 0 unspecified atom stereocenters. The Kier molecular flexibility index (Phi) is 7.37. The molecule has 0 atom stereocenters. The Bertz CT molecular complexity index is 1370. The van der Waals surface area contributed by atoms with Crippen LogP contribution in [0.4, 0.5) is 17.3 Å². The Morgan fingerprint density at radius 2 is 1.63 bits per heavy atom. The average Bonchev–Trinajstić information content (AvgIpc) is 2.90. The van der Waals surface area contributed by atoms with Crippen molar-refractivity contribution < 1.29 is 9.36 Å². The van der Waals surface area contributed by atoms with Crippen LogP contribution in [-0.2, 0) is 4.57 Å². The van der Waals surface area contributed by atoms with Crippen LogP contribution < -0.4 is 15.9 Å². The molecule has 2 aromatic carbocycles. The number of nitrogens with one attached hydrogen (secondary N) is 2. The van der Waals surface area contributed by atoms with Crippen LogP contribution in [0.2, 0.25) is 0 Å². The summed E-state index contributed by atoms with van der Waals surface area (Å²) in [6, 6.07) is 18.3. The van der Waals surface area contributed by atoms with Gasteiger partial charge >= 0.3 is 0 Å². The number of benzene rings is 2. The number of carbonyl (C=O) groups excluding carboxylic acids is 1. The molecule has 2 aromatic heterocycles. The quantitative estimate of drug-likeness (QED) is 0.303. The zero-order valence-corrected chi connectivity index (χ0v) is 20.9. The molecule has 0 spiro atoms. The van der Waals surface area contributed by atoms with E-state index in [1.165, 1.54) is 0 Å². The van der Waals surface area contributed by atoms with Crippen LogP contribution in [0.15, 0.2) is 79.3 Å². The first-order valence-electron chi connectivity index (χ1n) is 11.5. The van der Waals surface area contributed by atoms with E-state index in [2.05, 4.69) is 25.6 Å². The summed E-state index contributed by atoms with van der Waals surface area (Å²) < 4.78 is 12.9. The van der Waals surface area contributed by atoms with Gasteiger partial charge in [-0.05, 0) is 67.1 Å². The van der Waals surface area contributed by atoms with Crippen LogP contribution in [0, 0.1) is 6.92 Å². The SMILES string of the molecule is CCP(=O)(CC)c1ccc(NC(=O)c2ccc(C)c(Nc3nccc(-c4ccncc4)n3)c2)cc1. The molecule has 0 aliphatic rings. The number of pyridine rings is 1. The number of aryl methyl sites for hydroxylation is 1. The lowest BCUT2D eigenvalue weighted by Crippen LogP contribution is -2.14. The first-order valence-corrected chi connectivity index (χ1v) is 13.6. The normalized spacial score (nSPS) is 11.2. The molecule has 35 heavy (non-hydrogen) atoms. The smallest absolute Gasteiger partial charge is 0.255 e. The highest BCUT2D eigenvalue weighted by molar-refractivity contribution is 7.71. The molecule has 0 fully saturated rings. The molecule has 2 heterocycles. The van der Waals surface area contributed by atoms with E-state index >= 15 is 0 Å². The third kappa shape index (κ3) is 5.64. The maximum atomic E-state index is 12.9. The van der Waals surface area contributed by atoms with Crippen molar-refractivity contribution in [1.29, 1.82) is 0 Å². The molecule has 0 radical (unpaired) electrons. The van der Waals surface area contributed by atoms with Gasteiger partial charge in [-0.2, -0.15) is 0 Å². The molecule has 0 saturated carbocycles. The third-order valence-electron chi connectivity index (χ3n) is 6.00. The number of hydrogen-bond acceptors (Lipinski definition) is 6. The summed E-state index contributed by atoms with van der Waals surface area (Å²) in [7, 11) is -2.35. The number of rotatable bonds is 8. The topological polar surface area (TPSA) is 96.9 Å². The monoisotopic (exact) mass is 485 g/mol. The van der Waals surface area contributed by atoms with Crippen LogP contribution in [0.25, 0.3) is 11.3 Å². The first kappa shape index (κ1) is 24.3. The lowest BCUT2D eigenvalue weighted by Gasteiger charge is -2.15. The molecule has 8 heteroatoms. The molecule has 2 N–H and O–H groups in total. The molecule has 0 bridgehead atoms. The molecule has 0 aliphatic heterocycles. The molecular weight excluding hydrogens is 457 g/mol. The minimum Gasteiger partial charge on any atom is -0.324 e. The molecule has 4 aromatic rings. The summed E-state index contributed by atoms with van der Waals surface area (Å²) >= 11 is 0. The van der Waals surface area contributed by atoms with Crippen molar-refractivity contribution in [1.82, 2.24) is 15.0 Å². The Labute approximate surface area is 205 Å². The predicted octanol–water partition coefficient (Wildman–Crippen LogP) is 5.87. The van der Waals surface area contributed by atoms with Crippen LogP contribution in [0.1, 0.15) is 29.8 Å². The van der Waals surface area contributed by atoms with Gasteiger partial charge in [0.15, 0.2) is 0 Å². The lowest BCUT2D eigenvalue weighted by atomic mass is 10.1.